The maximum absolute atomic E-state index is 11.6. The van der Waals surface area contributed by atoms with Crippen molar-refractivity contribution in [3.8, 4) is 0 Å². The molecule has 1 atom stereocenters. The molecular weight excluding hydrogens is 260 g/mol. The van der Waals surface area contributed by atoms with Crippen molar-refractivity contribution in [3.05, 3.63) is 23.9 Å². The molecule has 0 aliphatic carbocycles. The van der Waals surface area contributed by atoms with Gasteiger partial charge in [0, 0.05) is 6.26 Å². The van der Waals surface area contributed by atoms with Gasteiger partial charge in [-0.1, -0.05) is 6.07 Å². The number of amides is 1. The van der Waals surface area contributed by atoms with Crippen molar-refractivity contribution in [3.63, 3.8) is 0 Å². The number of aromatic carboxylic acids is 1. The minimum atomic E-state index is -3.50. The van der Waals surface area contributed by atoms with Gasteiger partial charge >= 0.3 is 5.97 Å². The van der Waals surface area contributed by atoms with Crippen LogP contribution in [0.5, 0.6) is 0 Å². The van der Waals surface area contributed by atoms with Crippen LogP contribution in [0.25, 0.3) is 0 Å². The van der Waals surface area contributed by atoms with E-state index in [1.807, 2.05) is 0 Å². The van der Waals surface area contributed by atoms with Crippen molar-refractivity contribution in [2.75, 3.05) is 11.6 Å². The predicted octanol–water partition coefficient (Wildman–Crippen LogP) is 0.151. The molecule has 0 aromatic carbocycles. The Labute approximate surface area is 104 Å². The third kappa shape index (κ3) is 3.52. The van der Waals surface area contributed by atoms with Crippen LogP contribution in [-0.4, -0.2) is 41.9 Å². The largest absolute Gasteiger partial charge is 0.477 e. The lowest BCUT2D eigenvalue weighted by Gasteiger charge is -2.09. The Morgan fingerprint density at radius 3 is 2.50 bits per heavy atom. The average molecular weight is 272 g/mol. The number of aromatic nitrogens is 1. The zero-order valence-corrected chi connectivity index (χ0v) is 10.6. The Morgan fingerprint density at radius 1 is 1.39 bits per heavy atom. The van der Waals surface area contributed by atoms with Crippen LogP contribution in [-0.2, 0) is 14.6 Å². The standard InChI is InChI=1S/C10H12N2O5S/c1-6(18(2,16)17)9(13)12-8-5-3-4-7(11-8)10(14)15/h3-6H,1-2H3,(H,14,15)(H,11,12,13). The highest BCUT2D eigenvalue weighted by molar-refractivity contribution is 7.92. The molecule has 98 valence electrons. The highest BCUT2D eigenvalue weighted by Gasteiger charge is 2.23. The molecule has 0 fully saturated rings. The maximum atomic E-state index is 11.6. The fourth-order valence-corrected chi connectivity index (χ4v) is 1.49. The number of nitrogens with one attached hydrogen (secondary N) is 1. The second-order valence-corrected chi connectivity index (χ2v) is 6.04. The molecular formula is C10H12N2O5S. The number of carbonyl (C=O) groups excluding carboxylic acids is 1. The highest BCUT2D eigenvalue weighted by atomic mass is 32.2. The molecule has 1 aromatic heterocycles. The number of hydrogen-bond acceptors (Lipinski definition) is 5. The van der Waals surface area contributed by atoms with Gasteiger partial charge in [-0.3, -0.25) is 4.79 Å². The summed E-state index contributed by atoms with van der Waals surface area (Å²) in [5.41, 5.74) is -0.236. The van der Waals surface area contributed by atoms with E-state index in [9.17, 15) is 18.0 Å². The first-order chi connectivity index (χ1) is 8.21. The van der Waals surface area contributed by atoms with E-state index in [4.69, 9.17) is 5.11 Å². The molecule has 8 heteroatoms. The molecule has 1 aromatic rings. The Morgan fingerprint density at radius 2 is 2.00 bits per heavy atom. The van der Waals surface area contributed by atoms with Crippen molar-refractivity contribution in [2.45, 2.75) is 12.2 Å². The van der Waals surface area contributed by atoms with E-state index >= 15 is 0 Å². The Hall–Kier alpha value is -1.96. The molecule has 1 amide bonds. The van der Waals surface area contributed by atoms with Gasteiger partial charge in [0.05, 0.1) is 0 Å². The topological polar surface area (TPSA) is 113 Å². The van der Waals surface area contributed by atoms with Gasteiger partial charge in [-0.05, 0) is 19.1 Å². The summed E-state index contributed by atoms with van der Waals surface area (Å²) in [6.45, 7) is 1.24. The maximum Gasteiger partial charge on any atom is 0.354 e. The molecule has 0 aliphatic rings. The average Bonchev–Trinajstić information content (AvgIpc) is 2.27. The molecule has 0 bridgehead atoms. The van der Waals surface area contributed by atoms with Crippen molar-refractivity contribution >= 4 is 27.5 Å². The Bertz CT molecular complexity index is 582. The summed E-state index contributed by atoms with van der Waals surface area (Å²) >= 11 is 0. The number of nitrogens with zero attached hydrogens (tertiary/aromatic N) is 1. The van der Waals surface area contributed by atoms with Crippen molar-refractivity contribution < 1.29 is 23.1 Å². The second-order valence-electron chi connectivity index (χ2n) is 3.67. The number of carboxylic acid groups (broad SMARTS) is 1. The molecule has 0 spiro atoms. The zero-order valence-electron chi connectivity index (χ0n) is 9.75. The normalized spacial score (nSPS) is 12.8. The second kappa shape index (κ2) is 5.13. The lowest BCUT2D eigenvalue weighted by Crippen LogP contribution is -2.32. The van der Waals surface area contributed by atoms with E-state index in [0.29, 0.717) is 0 Å². The van der Waals surface area contributed by atoms with E-state index in [1.54, 1.807) is 0 Å². The minimum absolute atomic E-state index is 0.00426. The van der Waals surface area contributed by atoms with Gasteiger partial charge in [0.25, 0.3) is 0 Å². The summed E-state index contributed by atoms with van der Waals surface area (Å²) in [6.07, 6.45) is 0.943. The molecule has 0 radical (unpaired) electrons. The summed E-state index contributed by atoms with van der Waals surface area (Å²) in [5, 5.41) is 9.73. The van der Waals surface area contributed by atoms with Crippen LogP contribution in [0.15, 0.2) is 18.2 Å². The first-order valence-electron chi connectivity index (χ1n) is 4.92. The van der Waals surface area contributed by atoms with Crippen LogP contribution >= 0.6 is 0 Å². The van der Waals surface area contributed by atoms with E-state index in [0.717, 1.165) is 6.26 Å². The van der Waals surface area contributed by atoms with Gasteiger partial charge in [0.1, 0.15) is 11.1 Å². The molecule has 0 aliphatic heterocycles. The predicted molar refractivity (Wildman–Crippen MR) is 64.1 cm³/mol. The van der Waals surface area contributed by atoms with E-state index < -0.39 is 27.0 Å². The van der Waals surface area contributed by atoms with Gasteiger partial charge in [0.15, 0.2) is 15.5 Å². The molecule has 2 N–H and O–H groups in total. The number of hydrogen-bond donors (Lipinski definition) is 2. The number of pyridine rings is 1. The zero-order chi connectivity index (χ0) is 13.9. The molecule has 18 heavy (non-hydrogen) atoms. The van der Waals surface area contributed by atoms with Gasteiger partial charge in [-0.2, -0.15) is 0 Å². The highest BCUT2D eigenvalue weighted by Crippen LogP contribution is 2.07. The monoisotopic (exact) mass is 272 g/mol. The van der Waals surface area contributed by atoms with Crippen molar-refractivity contribution in [1.29, 1.82) is 0 Å². The number of anilines is 1. The SMILES string of the molecule is CC(C(=O)Nc1cccc(C(=O)O)n1)S(C)(=O)=O. The summed E-state index contributed by atoms with van der Waals surface area (Å²) < 4.78 is 22.3. The third-order valence-corrected chi connectivity index (χ3v) is 3.73. The van der Waals surface area contributed by atoms with E-state index in [1.165, 1.54) is 25.1 Å². The lowest BCUT2D eigenvalue weighted by atomic mass is 10.3. The van der Waals surface area contributed by atoms with Crippen molar-refractivity contribution in [2.24, 2.45) is 0 Å². The molecule has 0 saturated carbocycles. The van der Waals surface area contributed by atoms with Gasteiger partial charge < -0.3 is 10.4 Å². The van der Waals surface area contributed by atoms with Crippen LogP contribution in [0.3, 0.4) is 0 Å². The quantitative estimate of drug-likeness (QED) is 0.806. The molecule has 7 nitrogen and oxygen atoms in total. The molecule has 1 heterocycles. The van der Waals surface area contributed by atoms with Crippen molar-refractivity contribution in [1.82, 2.24) is 4.98 Å². The van der Waals surface area contributed by atoms with Gasteiger partial charge in [-0.25, -0.2) is 18.2 Å². The smallest absolute Gasteiger partial charge is 0.354 e. The number of carboxylic acids is 1. The lowest BCUT2D eigenvalue weighted by molar-refractivity contribution is -0.115. The fourth-order valence-electron chi connectivity index (χ4n) is 1.05. The summed E-state index contributed by atoms with van der Waals surface area (Å²) in [7, 11) is -3.50. The Kier molecular flexibility index (Phi) is 4.02. The van der Waals surface area contributed by atoms with Crippen LogP contribution in [0, 0.1) is 0 Å². The number of sulfone groups is 1. The number of carbonyl (C=O) groups is 2. The van der Waals surface area contributed by atoms with E-state index in [-0.39, 0.29) is 11.5 Å². The molecule has 1 rings (SSSR count). The van der Waals surface area contributed by atoms with E-state index in [2.05, 4.69) is 10.3 Å². The first-order valence-corrected chi connectivity index (χ1v) is 6.87. The third-order valence-electron chi connectivity index (χ3n) is 2.23. The van der Waals surface area contributed by atoms with Crippen LogP contribution in [0.2, 0.25) is 0 Å². The summed E-state index contributed by atoms with van der Waals surface area (Å²) in [4.78, 5) is 25.9. The first kappa shape index (κ1) is 14.1. The van der Waals surface area contributed by atoms with Crippen LogP contribution < -0.4 is 5.32 Å². The van der Waals surface area contributed by atoms with Gasteiger partial charge in [0.2, 0.25) is 5.91 Å². The van der Waals surface area contributed by atoms with Crippen LogP contribution in [0.4, 0.5) is 5.82 Å². The minimum Gasteiger partial charge on any atom is -0.477 e. The molecule has 1 unspecified atom stereocenters. The van der Waals surface area contributed by atoms with Crippen LogP contribution in [0.1, 0.15) is 17.4 Å². The Balaban J connectivity index is 2.89. The van der Waals surface area contributed by atoms with Gasteiger partial charge in [-0.15, -0.1) is 0 Å². The fraction of sp³-hybridized carbons (Fsp3) is 0.300. The summed E-state index contributed by atoms with van der Waals surface area (Å²) in [5.74, 6) is -2.00. The molecule has 0 saturated heterocycles. The number of rotatable bonds is 4. The summed E-state index contributed by atoms with van der Waals surface area (Å²) in [6, 6.07) is 4.04.